The predicted octanol–water partition coefficient (Wildman–Crippen LogP) is 3.14. The Hall–Kier alpha value is -0.660. The quantitative estimate of drug-likeness (QED) is 0.498. The van der Waals surface area contributed by atoms with Crippen molar-refractivity contribution in [3.8, 4) is 0 Å². The summed E-state index contributed by atoms with van der Waals surface area (Å²) in [5, 5.41) is 0. The number of Topliss-reactive ketones (excluding diaryl/α,β-unsaturated/α-hetero) is 2. The molecule has 1 unspecified atom stereocenters. The van der Waals surface area contributed by atoms with Crippen molar-refractivity contribution in [3.63, 3.8) is 0 Å². The van der Waals surface area contributed by atoms with Crippen LogP contribution in [0.5, 0.6) is 0 Å². The second-order valence-corrected chi connectivity index (χ2v) is 4.74. The molecule has 1 aliphatic rings. The molecule has 0 aromatic rings. The van der Waals surface area contributed by atoms with E-state index in [2.05, 4.69) is 13.8 Å². The average molecular weight is 210 g/mol. The Balaban J connectivity index is 2.29. The molecule has 2 heteroatoms. The number of unbranched alkanes of at least 4 members (excludes halogenated alkanes) is 3. The van der Waals surface area contributed by atoms with E-state index < -0.39 is 0 Å². The highest BCUT2D eigenvalue weighted by molar-refractivity contribution is 6.08. The van der Waals surface area contributed by atoms with Crippen LogP contribution in [-0.4, -0.2) is 11.6 Å². The molecule has 0 aliphatic heterocycles. The molecule has 1 saturated carbocycles. The van der Waals surface area contributed by atoms with Crippen molar-refractivity contribution in [2.24, 2.45) is 11.8 Å². The molecule has 0 heterocycles. The number of hydrogen-bond acceptors (Lipinski definition) is 2. The third-order valence-electron chi connectivity index (χ3n) is 3.39. The standard InChI is InChI=1S/C13H22O2/c1-3-4-5-6-7-10(2)13-11(14)8-9-12(13)15/h10,13H,3-9H2,1-2H3. The van der Waals surface area contributed by atoms with Gasteiger partial charge in [0.2, 0.25) is 0 Å². The Labute approximate surface area is 92.4 Å². The first-order valence-electron chi connectivity index (χ1n) is 6.22. The van der Waals surface area contributed by atoms with Gasteiger partial charge in [-0.1, -0.05) is 39.5 Å². The van der Waals surface area contributed by atoms with Gasteiger partial charge in [-0.15, -0.1) is 0 Å². The Morgan fingerprint density at radius 2 is 1.73 bits per heavy atom. The second-order valence-electron chi connectivity index (χ2n) is 4.74. The largest absolute Gasteiger partial charge is 0.299 e. The fraction of sp³-hybridized carbons (Fsp3) is 0.846. The smallest absolute Gasteiger partial charge is 0.144 e. The van der Waals surface area contributed by atoms with Crippen LogP contribution in [0.25, 0.3) is 0 Å². The fourth-order valence-corrected chi connectivity index (χ4v) is 2.43. The first-order valence-corrected chi connectivity index (χ1v) is 6.22. The molecule has 0 aromatic carbocycles. The van der Waals surface area contributed by atoms with Crippen LogP contribution in [0.2, 0.25) is 0 Å². The molecule has 2 nitrogen and oxygen atoms in total. The van der Waals surface area contributed by atoms with E-state index in [1.54, 1.807) is 0 Å². The van der Waals surface area contributed by atoms with E-state index in [4.69, 9.17) is 0 Å². The monoisotopic (exact) mass is 210 g/mol. The highest BCUT2D eigenvalue weighted by Crippen LogP contribution is 2.28. The third kappa shape index (κ3) is 3.44. The van der Waals surface area contributed by atoms with Crippen LogP contribution in [0.1, 0.15) is 58.8 Å². The molecule has 86 valence electrons. The molecule has 0 N–H and O–H groups in total. The summed E-state index contributed by atoms with van der Waals surface area (Å²) < 4.78 is 0. The normalized spacial score (nSPS) is 19.9. The van der Waals surface area contributed by atoms with Crippen molar-refractivity contribution < 1.29 is 9.59 Å². The van der Waals surface area contributed by atoms with Gasteiger partial charge in [-0.2, -0.15) is 0 Å². The van der Waals surface area contributed by atoms with Crippen LogP contribution in [0, 0.1) is 11.8 Å². The third-order valence-corrected chi connectivity index (χ3v) is 3.39. The van der Waals surface area contributed by atoms with Gasteiger partial charge in [0.25, 0.3) is 0 Å². The Morgan fingerprint density at radius 1 is 1.13 bits per heavy atom. The first kappa shape index (κ1) is 12.4. The number of rotatable bonds is 6. The summed E-state index contributed by atoms with van der Waals surface area (Å²) in [6.07, 6.45) is 6.89. The van der Waals surface area contributed by atoms with E-state index >= 15 is 0 Å². The Bertz CT molecular complexity index is 217. The molecule has 1 fully saturated rings. The van der Waals surface area contributed by atoms with Gasteiger partial charge >= 0.3 is 0 Å². The van der Waals surface area contributed by atoms with Crippen molar-refractivity contribution in [2.45, 2.75) is 58.8 Å². The molecule has 0 spiro atoms. The molecule has 0 aromatic heterocycles. The van der Waals surface area contributed by atoms with Crippen LogP contribution in [0.4, 0.5) is 0 Å². The maximum Gasteiger partial charge on any atom is 0.144 e. The van der Waals surface area contributed by atoms with Crippen molar-refractivity contribution in [2.75, 3.05) is 0 Å². The van der Waals surface area contributed by atoms with Crippen LogP contribution >= 0.6 is 0 Å². The predicted molar refractivity (Wildman–Crippen MR) is 60.7 cm³/mol. The first-order chi connectivity index (χ1) is 7.16. The average Bonchev–Trinajstić information content (AvgIpc) is 2.53. The number of carbonyl (C=O) groups is 2. The fourth-order valence-electron chi connectivity index (χ4n) is 2.43. The Morgan fingerprint density at radius 3 is 2.27 bits per heavy atom. The van der Waals surface area contributed by atoms with Gasteiger partial charge in [0.15, 0.2) is 0 Å². The van der Waals surface area contributed by atoms with Crippen LogP contribution in [-0.2, 0) is 9.59 Å². The van der Waals surface area contributed by atoms with E-state index in [-0.39, 0.29) is 23.4 Å². The number of hydrogen-bond donors (Lipinski definition) is 0. The van der Waals surface area contributed by atoms with Gasteiger partial charge < -0.3 is 0 Å². The molecule has 0 radical (unpaired) electrons. The zero-order valence-electron chi connectivity index (χ0n) is 9.92. The van der Waals surface area contributed by atoms with Gasteiger partial charge in [-0.25, -0.2) is 0 Å². The zero-order valence-corrected chi connectivity index (χ0v) is 9.92. The van der Waals surface area contributed by atoms with Crippen LogP contribution < -0.4 is 0 Å². The van der Waals surface area contributed by atoms with Crippen molar-refractivity contribution in [3.05, 3.63) is 0 Å². The van der Waals surface area contributed by atoms with Crippen LogP contribution in [0.3, 0.4) is 0 Å². The van der Waals surface area contributed by atoms with E-state index in [9.17, 15) is 9.59 Å². The molecule has 0 saturated heterocycles. The van der Waals surface area contributed by atoms with Gasteiger partial charge in [0, 0.05) is 12.8 Å². The summed E-state index contributed by atoms with van der Waals surface area (Å²) in [5.41, 5.74) is 0. The van der Waals surface area contributed by atoms with E-state index in [0.29, 0.717) is 12.8 Å². The summed E-state index contributed by atoms with van der Waals surface area (Å²) in [6.45, 7) is 4.24. The Kier molecular flexibility index (Phi) is 5.00. The second kappa shape index (κ2) is 6.04. The summed E-state index contributed by atoms with van der Waals surface area (Å²) >= 11 is 0. The molecular weight excluding hydrogens is 188 g/mol. The summed E-state index contributed by atoms with van der Waals surface area (Å²) in [5.74, 6) is 0.377. The van der Waals surface area contributed by atoms with Crippen LogP contribution in [0.15, 0.2) is 0 Å². The number of ketones is 2. The summed E-state index contributed by atoms with van der Waals surface area (Å²) in [4.78, 5) is 23.0. The lowest BCUT2D eigenvalue weighted by Gasteiger charge is -2.16. The molecule has 1 aliphatic carbocycles. The minimum absolute atomic E-state index is 0.183. The maximum atomic E-state index is 11.5. The van der Waals surface area contributed by atoms with Crippen molar-refractivity contribution >= 4 is 11.6 Å². The van der Waals surface area contributed by atoms with E-state index in [0.717, 1.165) is 12.8 Å². The SMILES string of the molecule is CCCCCCC(C)C1C(=O)CCC1=O. The maximum absolute atomic E-state index is 11.5. The van der Waals surface area contributed by atoms with Gasteiger partial charge in [0.05, 0.1) is 5.92 Å². The lowest BCUT2D eigenvalue weighted by Crippen LogP contribution is -2.22. The van der Waals surface area contributed by atoms with E-state index in [1.165, 1.54) is 19.3 Å². The molecule has 1 rings (SSSR count). The minimum Gasteiger partial charge on any atom is -0.299 e. The van der Waals surface area contributed by atoms with Gasteiger partial charge in [-0.05, 0) is 12.3 Å². The summed E-state index contributed by atoms with van der Waals surface area (Å²) in [7, 11) is 0. The highest BCUT2D eigenvalue weighted by atomic mass is 16.2. The van der Waals surface area contributed by atoms with Crippen molar-refractivity contribution in [1.82, 2.24) is 0 Å². The molecule has 0 amide bonds. The zero-order chi connectivity index (χ0) is 11.3. The van der Waals surface area contributed by atoms with Gasteiger partial charge in [0.1, 0.15) is 11.6 Å². The molecule has 0 bridgehead atoms. The highest BCUT2D eigenvalue weighted by Gasteiger charge is 2.36. The lowest BCUT2D eigenvalue weighted by atomic mass is 9.87. The minimum atomic E-state index is -0.258. The topological polar surface area (TPSA) is 34.1 Å². The molecular formula is C13H22O2. The molecule has 15 heavy (non-hydrogen) atoms. The summed E-state index contributed by atoms with van der Waals surface area (Å²) in [6, 6.07) is 0. The number of carbonyl (C=O) groups excluding carboxylic acids is 2. The lowest BCUT2D eigenvalue weighted by molar-refractivity contribution is -0.129. The molecule has 1 atom stereocenters. The van der Waals surface area contributed by atoms with Gasteiger partial charge in [-0.3, -0.25) is 9.59 Å². The van der Waals surface area contributed by atoms with E-state index in [1.807, 2.05) is 0 Å². The van der Waals surface area contributed by atoms with Crippen molar-refractivity contribution in [1.29, 1.82) is 0 Å².